The number of amides is 2. The van der Waals surface area contributed by atoms with Crippen LogP contribution in [-0.2, 0) is 9.59 Å². The van der Waals surface area contributed by atoms with Crippen LogP contribution in [0.4, 0.5) is 0 Å². The van der Waals surface area contributed by atoms with Crippen molar-refractivity contribution in [2.75, 3.05) is 27.2 Å². The molecule has 5 heteroatoms. The Balaban J connectivity index is 2.45. The summed E-state index contributed by atoms with van der Waals surface area (Å²) >= 11 is 0. The third-order valence-corrected chi connectivity index (χ3v) is 3.64. The third kappa shape index (κ3) is 4.49. The Morgan fingerprint density at radius 3 is 2.21 bits per heavy atom. The molecule has 19 heavy (non-hydrogen) atoms. The van der Waals surface area contributed by atoms with E-state index in [2.05, 4.69) is 13.8 Å². The molecule has 0 spiro atoms. The maximum absolute atomic E-state index is 12.1. The predicted octanol–water partition coefficient (Wildman–Crippen LogP) is 0.687. The smallest absolute Gasteiger partial charge is 0.239 e. The minimum atomic E-state index is -0.402. The molecule has 1 saturated heterocycles. The van der Waals surface area contributed by atoms with Gasteiger partial charge in [-0.3, -0.25) is 9.59 Å². The fourth-order valence-corrected chi connectivity index (χ4v) is 2.56. The summed E-state index contributed by atoms with van der Waals surface area (Å²) in [6, 6.07) is -0.402. The summed E-state index contributed by atoms with van der Waals surface area (Å²) in [6.07, 6.45) is 2.21. The molecule has 2 amide bonds. The first kappa shape index (κ1) is 16.0. The first-order chi connectivity index (χ1) is 8.82. The van der Waals surface area contributed by atoms with Crippen molar-refractivity contribution in [2.24, 2.45) is 17.6 Å². The molecule has 1 rings (SSSR count). The molecule has 0 saturated carbocycles. The fourth-order valence-electron chi connectivity index (χ4n) is 2.56. The second kappa shape index (κ2) is 6.89. The van der Waals surface area contributed by atoms with Crippen LogP contribution in [0.1, 0.15) is 33.1 Å². The fraction of sp³-hybridized carbons (Fsp3) is 0.857. The molecule has 1 atom stereocenters. The van der Waals surface area contributed by atoms with Crippen molar-refractivity contribution in [2.45, 2.75) is 39.2 Å². The van der Waals surface area contributed by atoms with Gasteiger partial charge >= 0.3 is 0 Å². The van der Waals surface area contributed by atoms with E-state index in [1.54, 1.807) is 19.0 Å². The highest BCUT2D eigenvalue weighted by molar-refractivity contribution is 5.82. The second-order valence-electron chi connectivity index (χ2n) is 6.07. The Labute approximate surface area is 116 Å². The van der Waals surface area contributed by atoms with Gasteiger partial charge in [0, 0.05) is 33.1 Å². The van der Waals surface area contributed by atoms with Crippen LogP contribution in [-0.4, -0.2) is 54.8 Å². The summed E-state index contributed by atoms with van der Waals surface area (Å²) in [6.45, 7) is 5.42. The quantitative estimate of drug-likeness (QED) is 0.816. The standard InChI is InChI=1S/C14H27N3O2/c1-10(2)9-12(15)14(19)17-7-5-11(6-8-17)13(18)16(3)4/h10-12H,5-9,15H2,1-4H3/t12-/m0/s1. The lowest BCUT2D eigenvalue weighted by atomic mass is 9.94. The van der Waals surface area contributed by atoms with Crippen LogP contribution in [0, 0.1) is 11.8 Å². The molecular formula is C14H27N3O2. The van der Waals surface area contributed by atoms with Crippen molar-refractivity contribution in [1.82, 2.24) is 9.80 Å². The number of carbonyl (C=O) groups excluding carboxylic acids is 2. The molecule has 0 unspecified atom stereocenters. The topological polar surface area (TPSA) is 66.6 Å². The molecule has 2 N–H and O–H groups in total. The van der Waals surface area contributed by atoms with Gasteiger partial charge in [0.05, 0.1) is 6.04 Å². The number of nitrogens with two attached hydrogens (primary N) is 1. The second-order valence-corrected chi connectivity index (χ2v) is 6.07. The lowest BCUT2D eigenvalue weighted by Gasteiger charge is -2.34. The highest BCUT2D eigenvalue weighted by Gasteiger charge is 2.30. The van der Waals surface area contributed by atoms with Gasteiger partial charge in [-0.2, -0.15) is 0 Å². The summed E-state index contributed by atoms with van der Waals surface area (Å²) in [5, 5.41) is 0. The van der Waals surface area contributed by atoms with Crippen molar-refractivity contribution in [3.8, 4) is 0 Å². The number of likely N-dealkylation sites (tertiary alicyclic amines) is 1. The van der Waals surface area contributed by atoms with Gasteiger partial charge in [-0.05, 0) is 25.2 Å². The highest BCUT2D eigenvalue weighted by atomic mass is 16.2. The number of hydrogen-bond acceptors (Lipinski definition) is 3. The summed E-state index contributed by atoms with van der Waals surface area (Å²) < 4.78 is 0. The first-order valence-electron chi connectivity index (χ1n) is 7.08. The lowest BCUT2D eigenvalue weighted by Crippen LogP contribution is -2.49. The number of rotatable bonds is 4. The van der Waals surface area contributed by atoms with E-state index in [0.717, 1.165) is 19.3 Å². The number of carbonyl (C=O) groups is 2. The van der Waals surface area contributed by atoms with Gasteiger partial charge in [0.2, 0.25) is 11.8 Å². The zero-order chi connectivity index (χ0) is 14.6. The minimum absolute atomic E-state index is 0.0319. The summed E-state index contributed by atoms with van der Waals surface area (Å²) in [4.78, 5) is 27.4. The number of nitrogens with zero attached hydrogens (tertiary/aromatic N) is 2. The number of piperidine rings is 1. The highest BCUT2D eigenvalue weighted by Crippen LogP contribution is 2.20. The van der Waals surface area contributed by atoms with E-state index in [0.29, 0.717) is 19.0 Å². The molecule has 1 aliphatic heterocycles. The Bertz CT molecular complexity index is 321. The van der Waals surface area contributed by atoms with E-state index in [4.69, 9.17) is 5.73 Å². The molecule has 1 aliphatic rings. The van der Waals surface area contributed by atoms with E-state index in [9.17, 15) is 9.59 Å². The Hall–Kier alpha value is -1.10. The predicted molar refractivity (Wildman–Crippen MR) is 75.4 cm³/mol. The average molecular weight is 269 g/mol. The van der Waals surface area contributed by atoms with Crippen LogP contribution in [0.15, 0.2) is 0 Å². The monoisotopic (exact) mass is 269 g/mol. The molecule has 0 aromatic rings. The Kier molecular flexibility index (Phi) is 5.79. The zero-order valence-corrected chi connectivity index (χ0v) is 12.6. The van der Waals surface area contributed by atoms with Crippen molar-refractivity contribution >= 4 is 11.8 Å². The summed E-state index contributed by atoms with van der Waals surface area (Å²) in [5.41, 5.74) is 5.93. The van der Waals surface area contributed by atoms with Gasteiger partial charge in [0.1, 0.15) is 0 Å². The number of hydrogen-bond donors (Lipinski definition) is 1. The van der Waals surface area contributed by atoms with Crippen LogP contribution in [0.5, 0.6) is 0 Å². The molecule has 5 nitrogen and oxygen atoms in total. The minimum Gasteiger partial charge on any atom is -0.349 e. The summed E-state index contributed by atoms with van der Waals surface area (Å²) in [7, 11) is 3.55. The van der Waals surface area contributed by atoms with E-state index >= 15 is 0 Å². The van der Waals surface area contributed by atoms with Crippen LogP contribution in [0.2, 0.25) is 0 Å². The average Bonchev–Trinajstić information content (AvgIpc) is 2.36. The van der Waals surface area contributed by atoms with Gasteiger partial charge in [0.25, 0.3) is 0 Å². The van der Waals surface area contributed by atoms with Crippen molar-refractivity contribution in [3.05, 3.63) is 0 Å². The van der Waals surface area contributed by atoms with Crippen LogP contribution < -0.4 is 5.73 Å². The molecule has 0 aromatic heterocycles. The van der Waals surface area contributed by atoms with Gasteiger partial charge < -0.3 is 15.5 Å². The van der Waals surface area contributed by atoms with E-state index < -0.39 is 6.04 Å². The van der Waals surface area contributed by atoms with Gasteiger partial charge in [-0.1, -0.05) is 13.8 Å². The molecule has 0 radical (unpaired) electrons. The SMILES string of the molecule is CC(C)C[C@H](N)C(=O)N1CCC(C(=O)N(C)C)CC1. The van der Waals surface area contributed by atoms with Crippen LogP contribution in [0.25, 0.3) is 0 Å². The Morgan fingerprint density at radius 1 is 1.26 bits per heavy atom. The molecular weight excluding hydrogens is 242 g/mol. The molecule has 1 heterocycles. The van der Waals surface area contributed by atoms with Gasteiger partial charge in [-0.25, -0.2) is 0 Å². The van der Waals surface area contributed by atoms with Gasteiger partial charge in [0.15, 0.2) is 0 Å². The van der Waals surface area contributed by atoms with E-state index in [-0.39, 0.29) is 17.7 Å². The zero-order valence-electron chi connectivity index (χ0n) is 12.6. The molecule has 1 fully saturated rings. The van der Waals surface area contributed by atoms with Crippen molar-refractivity contribution in [3.63, 3.8) is 0 Å². The van der Waals surface area contributed by atoms with Crippen molar-refractivity contribution < 1.29 is 9.59 Å². The van der Waals surface area contributed by atoms with Crippen LogP contribution >= 0.6 is 0 Å². The molecule has 0 aromatic carbocycles. The summed E-state index contributed by atoms with van der Waals surface area (Å²) in [5.74, 6) is 0.676. The Morgan fingerprint density at radius 2 is 1.79 bits per heavy atom. The molecule has 0 bridgehead atoms. The normalized spacial score (nSPS) is 18.5. The van der Waals surface area contributed by atoms with Crippen LogP contribution in [0.3, 0.4) is 0 Å². The van der Waals surface area contributed by atoms with E-state index in [1.165, 1.54) is 0 Å². The van der Waals surface area contributed by atoms with E-state index in [1.807, 2.05) is 4.90 Å². The molecule has 110 valence electrons. The van der Waals surface area contributed by atoms with Crippen molar-refractivity contribution in [1.29, 1.82) is 0 Å². The first-order valence-corrected chi connectivity index (χ1v) is 7.08. The maximum atomic E-state index is 12.1. The third-order valence-electron chi connectivity index (χ3n) is 3.64. The van der Waals surface area contributed by atoms with Gasteiger partial charge in [-0.15, -0.1) is 0 Å². The lowest BCUT2D eigenvalue weighted by molar-refractivity contribution is -0.139. The molecule has 0 aliphatic carbocycles. The largest absolute Gasteiger partial charge is 0.349 e. The maximum Gasteiger partial charge on any atom is 0.239 e.